The van der Waals surface area contributed by atoms with E-state index in [0.29, 0.717) is 18.3 Å². The smallest absolute Gasteiger partial charge is 0.230 e. The molecule has 0 spiro atoms. The number of nitrogens with one attached hydrogen (secondary N) is 1. The second-order valence-electron chi connectivity index (χ2n) is 8.21. The molecule has 5 rings (SSSR count). The first-order chi connectivity index (χ1) is 15.3. The predicted octanol–water partition coefficient (Wildman–Crippen LogP) is 4.30. The van der Waals surface area contributed by atoms with Gasteiger partial charge in [-0.1, -0.05) is 48.2 Å². The average Bonchev–Trinajstić information content (AvgIpc) is 3.33. The van der Waals surface area contributed by atoms with Crippen molar-refractivity contribution in [3.05, 3.63) is 53.4 Å². The second kappa shape index (κ2) is 9.14. The van der Waals surface area contributed by atoms with Gasteiger partial charge in [-0.3, -0.25) is 9.36 Å². The van der Waals surface area contributed by atoms with Crippen LogP contribution in [0, 0.1) is 0 Å². The van der Waals surface area contributed by atoms with Crippen LogP contribution in [0.1, 0.15) is 37.3 Å². The maximum atomic E-state index is 12.7. The Morgan fingerprint density at radius 1 is 1.16 bits per heavy atom. The molecule has 2 aromatic heterocycles. The minimum absolute atomic E-state index is 0.0369. The normalized spacial score (nSPS) is 18.1. The van der Waals surface area contributed by atoms with Crippen molar-refractivity contribution in [2.75, 3.05) is 25.5 Å². The summed E-state index contributed by atoms with van der Waals surface area (Å²) in [5, 5.41) is 14.9. The summed E-state index contributed by atoms with van der Waals surface area (Å²) >= 11 is 3.15. The number of amides is 1. The van der Waals surface area contributed by atoms with E-state index in [1.54, 1.807) is 11.3 Å². The van der Waals surface area contributed by atoms with Crippen LogP contribution in [-0.4, -0.2) is 46.2 Å². The highest BCUT2D eigenvalue weighted by molar-refractivity contribution is 7.99. The number of rotatable bonds is 8. The molecule has 6 nitrogen and oxygen atoms in total. The lowest BCUT2D eigenvalue weighted by molar-refractivity contribution is -0.119. The van der Waals surface area contributed by atoms with Gasteiger partial charge in [-0.15, -0.1) is 21.5 Å². The first-order valence-corrected chi connectivity index (χ1v) is 12.6. The number of benzene rings is 1. The van der Waals surface area contributed by atoms with E-state index in [-0.39, 0.29) is 11.3 Å². The fourth-order valence-corrected chi connectivity index (χ4v) is 5.72. The van der Waals surface area contributed by atoms with E-state index < -0.39 is 0 Å². The molecule has 8 heteroatoms. The lowest BCUT2D eigenvalue weighted by atomic mass is 9.74. The van der Waals surface area contributed by atoms with Crippen molar-refractivity contribution in [2.45, 2.75) is 42.3 Å². The van der Waals surface area contributed by atoms with Crippen molar-refractivity contribution >= 4 is 29.0 Å². The molecular weight excluding hydrogens is 428 g/mol. The van der Waals surface area contributed by atoms with Crippen LogP contribution in [0.4, 0.5) is 0 Å². The van der Waals surface area contributed by atoms with Crippen molar-refractivity contribution in [1.29, 1.82) is 0 Å². The van der Waals surface area contributed by atoms with Crippen LogP contribution in [-0.2, 0) is 14.9 Å². The molecule has 31 heavy (non-hydrogen) atoms. The zero-order valence-electron chi connectivity index (χ0n) is 17.3. The Morgan fingerprint density at radius 2 is 1.97 bits per heavy atom. The summed E-state index contributed by atoms with van der Waals surface area (Å²) in [5.74, 6) is 1.30. The maximum Gasteiger partial charge on any atom is 0.230 e. The van der Waals surface area contributed by atoms with E-state index in [1.807, 2.05) is 12.1 Å². The molecule has 1 aliphatic carbocycles. The molecule has 0 atom stereocenters. The molecule has 1 aromatic carbocycles. The molecule has 0 unspecified atom stereocenters. The molecule has 1 aliphatic heterocycles. The van der Waals surface area contributed by atoms with Gasteiger partial charge in [0.15, 0.2) is 11.0 Å². The summed E-state index contributed by atoms with van der Waals surface area (Å²) in [4.78, 5) is 13.9. The summed E-state index contributed by atoms with van der Waals surface area (Å²) in [6.07, 6.45) is 4.14. The standard InChI is InChI=1S/C23H26N4O2S2/c28-20(24-16-23(10-12-29-13-11-23)17-5-2-1-3-6-17)15-31-22-26-25-21(19-7-4-14-30-19)27(22)18-8-9-18/h1-7,14,18H,8-13,15-16H2,(H,24,28). The summed E-state index contributed by atoms with van der Waals surface area (Å²) in [6, 6.07) is 15.1. The number of carbonyl (C=O) groups excluding carboxylic acids is 1. The molecule has 1 amide bonds. The van der Waals surface area contributed by atoms with E-state index in [1.165, 1.54) is 17.3 Å². The zero-order chi connectivity index (χ0) is 21.1. The topological polar surface area (TPSA) is 69.0 Å². The molecule has 2 fully saturated rings. The third kappa shape index (κ3) is 4.56. The zero-order valence-corrected chi connectivity index (χ0v) is 19.0. The molecule has 0 radical (unpaired) electrons. The van der Waals surface area contributed by atoms with Crippen molar-refractivity contribution < 1.29 is 9.53 Å². The van der Waals surface area contributed by atoms with Gasteiger partial charge in [-0.05, 0) is 42.7 Å². The summed E-state index contributed by atoms with van der Waals surface area (Å²) in [6.45, 7) is 2.10. The molecule has 2 aliphatic rings. The Hall–Kier alpha value is -2.16. The number of aromatic nitrogens is 3. The third-order valence-electron chi connectivity index (χ3n) is 6.11. The van der Waals surface area contributed by atoms with Gasteiger partial charge in [-0.2, -0.15) is 0 Å². The Labute approximate surface area is 190 Å². The Bertz CT molecular complexity index is 1010. The average molecular weight is 455 g/mol. The van der Waals surface area contributed by atoms with E-state index in [0.717, 1.165) is 54.8 Å². The van der Waals surface area contributed by atoms with Crippen molar-refractivity contribution in [1.82, 2.24) is 20.1 Å². The third-order valence-corrected chi connectivity index (χ3v) is 7.92. The highest BCUT2D eigenvalue weighted by Gasteiger charge is 2.35. The van der Waals surface area contributed by atoms with Crippen LogP contribution in [0.2, 0.25) is 0 Å². The number of thiophene rings is 1. The number of carbonyl (C=O) groups is 1. The number of nitrogens with zero attached hydrogens (tertiary/aromatic N) is 3. The maximum absolute atomic E-state index is 12.7. The van der Waals surface area contributed by atoms with Gasteiger partial charge in [0.1, 0.15) is 0 Å². The molecule has 162 valence electrons. The Morgan fingerprint density at radius 3 is 2.68 bits per heavy atom. The fraction of sp³-hybridized carbons (Fsp3) is 0.435. The monoisotopic (exact) mass is 454 g/mol. The van der Waals surface area contributed by atoms with Crippen LogP contribution in [0.5, 0.6) is 0 Å². The van der Waals surface area contributed by atoms with Crippen molar-refractivity contribution in [3.63, 3.8) is 0 Å². The lowest BCUT2D eigenvalue weighted by Gasteiger charge is -2.38. The number of hydrogen-bond acceptors (Lipinski definition) is 6. The summed E-state index contributed by atoms with van der Waals surface area (Å²) in [7, 11) is 0. The molecule has 1 saturated carbocycles. The first-order valence-electron chi connectivity index (χ1n) is 10.8. The van der Waals surface area contributed by atoms with Gasteiger partial charge in [0, 0.05) is 31.2 Å². The fourth-order valence-electron chi connectivity index (χ4n) is 4.18. The molecule has 3 heterocycles. The highest BCUT2D eigenvalue weighted by Crippen LogP contribution is 2.41. The number of thioether (sulfide) groups is 1. The van der Waals surface area contributed by atoms with Crippen LogP contribution in [0.15, 0.2) is 53.0 Å². The molecule has 3 aromatic rings. The van der Waals surface area contributed by atoms with E-state index in [4.69, 9.17) is 4.74 Å². The first kappa shape index (κ1) is 20.7. The predicted molar refractivity (Wildman–Crippen MR) is 124 cm³/mol. The van der Waals surface area contributed by atoms with Gasteiger partial charge < -0.3 is 10.1 Å². The van der Waals surface area contributed by atoms with Crippen LogP contribution in [0.25, 0.3) is 10.7 Å². The van der Waals surface area contributed by atoms with Gasteiger partial charge >= 0.3 is 0 Å². The molecular formula is C23H26N4O2S2. The van der Waals surface area contributed by atoms with Crippen molar-refractivity contribution in [2.24, 2.45) is 0 Å². The Balaban J connectivity index is 1.23. The van der Waals surface area contributed by atoms with Gasteiger partial charge in [0.2, 0.25) is 5.91 Å². The van der Waals surface area contributed by atoms with Gasteiger partial charge in [0.25, 0.3) is 0 Å². The van der Waals surface area contributed by atoms with E-state index in [2.05, 4.69) is 55.8 Å². The van der Waals surface area contributed by atoms with Crippen molar-refractivity contribution in [3.8, 4) is 10.7 Å². The minimum atomic E-state index is -0.0553. The molecule has 1 saturated heterocycles. The van der Waals surface area contributed by atoms with Gasteiger partial charge in [-0.25, -0.2) is 0 Å². The lowest BCUT2D eigenvalue weighted by Crippen LogP contribution is -2.45. The largest absolute Gasteiger partial charge is 0.381 e. The molecule has 0 bridgehead atoms. The minimum Gasteiger partial charge on any atom is -0.381 e. The number of ether oxygens (including phenoxy) is 1. The van der Waals surface area contributed by atoms with Crippen LogP contribution in [0.3, 0.4) is 0 Å². The van der Waals surface area contributed by atoms with Gasteiger partial charge in [0.05, 0.1) is 10.6 Å². The van der Waals surface area contributed by atoms with E-state index >= 15 is 0 Å². The number of hydrogen-bond donors (Lipinski definition) is 1. The quantitative estimate of drug-likeness (QED) is 0.514. The molecule has 1 N–H and O–H groups in total. The summed E-state index contributed by atoms with van der Waals surface area (Å²) in [5.41, 5.74) is 1.22. The summed E-state index contributed by atoms with van der Waals surface area (Å²) < 4.78 is 7.81. The van der Waals surface area contributed by atoms with Crippen LogP contribution >= 0.6 is 23.1 Å². The SMILES string of the molecule is O=C(CSc1nnc(-c2cccs2)n1C1CC1)NCC1(c2ccccc2)CCOCC1. The second-order valence-corrected chi connectivity index (χ2v) is 10.1. The van der Waals surface area contributed by atoms with E-state index in [9.17, 15) is 4.79 Å². The highest BCUT2D eigenvalue weighted by atomic mass is 32.2. The van der Waals surface area contributed by atoms with Crippen LogP contribution < -0.4 is 5.32 Å². The Kier molecular flexibility index (Phi) is 6.11.